The molecule has 1 aromatic carbocycles. The maximum Gasteiger partial charge on any atom is 0.145 e. The predicted octanol–water partition coefficient (Wildman–Crippen LogP) is 1.55. The topological polar surface area (TPSA) is 43.0 Å². The molecule has 1 aromatic rings. The zero-order valence-corrected chi connectivity index (χ0v) is 12.9. The van der Waals surface area contributed by atoms with E-state index in [-0.39, 0.29) is 12.4 Å². The third-order valence-corrected chi connectivity index (χ3v) is 3.17. The van der Waals surface area contributed by atoms with Crippen molar-refractivity contribution in [1.29, 1.82) is 0 Å². The van der Waals surface area contributed by atoms with E-state index < -0.39 is 0 Å². The van der Waals surface area contributed by atoms with Crippen LogP contribution in [-0.4, -0.2) is 53.6 Å². The van der Waals surface area contributed by atoms with E-state index in [1.807, 2.05) is 12.1 Å². The van der Waals surface area contributed by atoms with Gasteiger partial charge >= 0.3 is 0 Å². The van der Waals surface area contributed by atoms with Gasteiger partial charge < -0.3 is 24.4 Å². The molecular formula is C14H23ClN2O3. The number of hydrogen-bond donors (Lipinski definition) is 1. The summed E-state index contributed by atoms with van der Waals surface area (Å²) >= 11 is 0. The number of nitrogens with zero attached hydrogens (tertiary/aromatic N) is 1. The molecule has 114 valence electrons. The molecule has 6 heteroatoms. The molecular weight excluding hydrogens is 280 g/mol. The first-order chi connectivity index (χ1) is 9.35. The van der Waals surface area contributed by atoms with Crippen molar-refractivity contribution in [2.45, 2.75) is 0 Å². The highest BCUT2D eigenvalue weighted by molar-refractivity contribution is 5.85. The molecule has 0 unspecified atom stereocenters. The van der Waals surface area contributed by atoms with Gasteiger partial charge in [0.05, 0.1) is 19.4 Å². The maximum absolute atomic E-state index is 5.60. The van der Waals surface area contributed by atoms with Gasteiger partial charge in [0.15, 0.2) is 0 Å². The molecule has 1 saturated heterocycles. The van der Waals surface area contributed by atoms with Crippen LogP contribution in [0.3, 0.4) is 0 Å². The lowest BCUT2D eigenvalue weighted by atomic mass is 10.2. The number of nitrogens with one attached hydrogen (secondary N) is 1. The Hall–Kier alpha value is -1.17. The van der Waals surface area contributed by atoms with Crippen molar-refractivity contribution < 1.29 is 14.2 Å². The zero-order valence-electron chi connectivity index (χ0n) is 12.1. The minimum absolute atomic E-state index is 0. The van der Waals surface area contributed by atoms with Crippen LogP contribution in [0.5, 0.6) is 11.5 Å². The van der Waals surface area contributed by atoms with Crippen LogP contribution in [0, 0.1) is 0 Å². The summed E-state index contributed by atoms with van der Waals surface area (Å²) in [6.45, 7) is 5.15. The van der Waals surface area contributed by atoms with Crippen LogP contribution in [0.4, 0.5) is 5.69 Å². The Morgan fingerprint density at radius 3 is 2.55 bits per heavy atom. The summed E-state index contributed by atoms with van der Waals surface area (Å²) in [5, 5.41) is 3.35. The molecule has 5 nitrogen and oxygen atoms in total. The number of anilines is 1. The lowest BCUT2D eigenvalue weighted by molar-refractivity contribution is 0.146. The number of benzene rings is 1. The van der Waals surface area contributed by atoms with E-state index in [1.54, 1.807) is 14.2 Å². The van der Waals surface area contributed by atoms with Gasteiger partial charge in [0, 0.05) is 39.4 Å². The quantitative estimate of drug-likeness (QED) is 0.808. The SMILES string of the molecule is COCCOc1ccc(N2CCNCC2)c(OC)c1.Cl. The normalized spacial score (nSPS) is 14.6. The van der Waals surface area contributed by atoms with Gasteiger partial charge in [0.25, 0.3) is 0 Å². The third-order valence-electron chi connectivity index (χ3n) is 3.17. The highest BCUT2D eigenvalue weighted by atomic mass is 35.5. The number of ether oxygens (including phenoxy) is 3. The van der Waals surface area contributed by atoms with Crippen molar-refractivity contribution >= 4 is 18.1 Å². The molecule has 0 atom stereocenters. The molecule has 0 aliphatic carbocycles. The highest BCUT2D eigenvalue weighted by Crippen LogP contribution is 2.32. The van der Waals surface area contributed by atoms with Crippen LogP contribution in [0.25, 0.3) is 0 Å². The first kappa shape index (κ1) is 16.9. The van der Waals surface area contributed by atoms with Gasteiger partial charge in [0.2, 0.25) is 0 Å². The minimum atomic E-state index is 0. The first-order valence-electron chi connectivity index (χ1n) is 6.60. The second-order valence-corrected chi connectivity index (χ2v) is 4.41. The summed E-state index contributed by atoms with van der Waals surface area (Å²) in [5.74, 6) is 1.67. The summed E-state index contributed by atoms with van der Waals surface area (Å²) in [6.07, 6.45) is 0. The molecule has 20 heavy (non-hydrogen) atoms. The largest absolute Gasteiger partial charge is 0.494 e. The number of halogens is 1. The van der Waals surface area contributed by atoms with Gasteiger partial charge in [-0.2, -0.15) is 0 Å². The fourth-order valence-corrected chi connectivity index (χ4v) is 2.16. The average Bonchev–Trinajstić information content (AvgIpc) is 2.48. The average molecular weight is 303 g/mol. The Morgan fingerprint density at radius 2 is 1.90 bits per heavy atom. The summed E-state index contributed by atoms with van der Waals surface area (Å²) in [7, 11) is 3.36. The van der Waals surface area contributed by atoms with Crippen molar-refractivity contribution in [2.24, 2.45) is 0 Å². The Morgan fingerprint density at radius 1 is 1.15 bits per heavy atom. The number of rotatable bonds is 6. The monoisotopic (exact) mass is 302 g/mol. The van der Waals surface area contributed by atoms with Gasteiger partial charge in [-0.3, -0.25) is 0 Å². The summed E-state index contributed by atoms with van der Waals surface area (Å²) in [5.41, 5.74) is 1.13. The molecule has 0 bridgehead atoms. The Bertz CT molecular complexity index is 398. The fourth-order valence-electron chi connectivity index (χ4n) is 2.16. The molecule has 2 rings (SSSR count). The van der Waals surface area contributed by atoms with Gasteiger partial charge in [-0.15, -0.1) is 12.4 Å². The Labute approximate surface area is 126 Å². The van der Waals surface area contributed by atoms with E-state index in [4.69, 9.17) is 14.2 Å². The molecule has 1 heterocycles. The van der Waals surface area contributed by atoms with E-state index in [1.165, 1.54) is 0 Å². The van der Waals surface area contributed by atoms with E-state index in [0.29, 0.717) is 13.2 Å². The third kappa shape index (κ3) is 4.44. The summed E-state index contributed by atoms with van der Waals surface area (Å²) in [4.78, 5) is 2.33. The van der Waals surface area contributed by atoms with Crippen molar-refractivity contribution in [3.63, 3.8) is 0 Å². The van der Waals surface area contributed by atoms with E-state index in [0.717, 1.165) is 43.4 Å². The Kier molecular flexibility index (Phi) is 7.51. The van der Waals surface area contributed by atoms with E-state index >= 15 is 0 Å². The fraction of sp³-hybridized carbons (Fsp3) is 0.571. The van der Waals surface area contributed by atoms with Gasteiger partial charge in [-0.25, -0.2) is 0 Å². The zero-order chi connectivity index (χ0) is 13.5. The van der Waals surface area contributed by atoms with Crippen LogP contribution in [0.2, 0.25) is 0 Å². The minimum Gasteiger partial charge on any atom is -0.494 e. The maximum atomic E-state index is 5.60. The van der Waals surface area contributed by atoms with Crippen LogP contribution < -0.4 is 19.7 Å². The molecule has 0 saturated carbocycles. The van der Waals surface area contributed by atoms with Gasteiger partial charge in [-0.1, -0.05) is 0 Å². The lowest BCUT2D eigenvalue weighted by Gasteiger charge is -2.30. The Balaban J connectivity index is 0.00000200. The first-order valence-corrected chi connectivity index (χ1v) is 6.60. The second kappa shape index (κ2) is 8.89. The molecule has 0 spiro atoms. The number of hydrogen-bond acceptors (Lipinski definition) is 5. The van der Waals surface area contributed by atoms with Crippen LogP contribution >= 0.6 is 12.4 Å². The number of methoxy groups -OCH3 is 2. The summed E-state index contributed by atoms with van der Waals surface area (Å²) in [6, 6.07) is 5.98. The van der Waals surface area contributed by atoms with E-state index in [9.17, 15) is 0 Å². The molecule has 0 aromatic heterocycles. The van der Waals surface area contributed by atoms with Crippen LogP contribution in [0.1, 0.15) is 0 Å². The predicted molar refractivity (Wildman–Crippen MR) is 82.7 cm³/mol. The van der Waals surface area contributed by atoms with Crippen LogP contribution in [0.15, 0.2) is 18.2 Å². The van der Waals surface area contributed by atoms with Crippen molar-refractivity contribution in [3.8, 4) is 11.5 Å². The summed E-state index contributed by atoms with van der Waals surface area (Å²) < 4.78 is 16.0. The second-order valence-electron chi connectivity index (χ2n) is 4.41. The molecule has 1 aliphatic heterocycles. The number of piperazine rings is 1. The lowest BCUT2D eigenvalue weighted by Crippen LogP contribution is -2.43. The smallest absolute Gasteiger partial charge is 0.145 e. The van der Waals surface area contributed by atoms with Crippen molar-refractivity contribution in [1.82, 2.24) is 5.32 Å². The van der Waals surface area contributed by atoms with Crippen molar-refractivity contribution in [3.05, 3.63) is 18.2 Å². The molecule has 1 N–H and O–H groups in total. The standard InChI is InChI=1S/C14H22N2O3.ClH/c1-17-9-10-19-12-3-4-13(14(11-12)18-2)16-7-5-15-6-8-16;/h3-4,11,15H,5-10H2,1-2H3;1H. The molecule has 0 radical (unpaired) electrons. The van der Waals surface area contributed by atoms with E-state index in [2.05, 4.69) is 16.3 Å². The molecule has 1 fully saturated rings. The van der Waals surface area contributed by atoms with Gasteiger partial charge in [0.1, 0.15) is 18.1 Å². The van der Waals surface area contributed by atoms with Crippen molar-refractivity contribution in [2.75, 3.05) is 58.5 Å². The highest BCUT2D eigenvalue weighted by Gasteiger charge is 2.15. The molecule has 1 aliphatic rings. The van der Waals surface area contributed by atoms with Crippen LogP contribution in [-0.2, 0) is 4.74 Å². The van der Waals surface area contributed by atoms with Gasteiger partial charge in [-0.05, 0) is 12.1 Å². The molecule has 0 amide bonds.